The largest absolute Gasteiger partial charge is 0.373 e. The van der Waals surface area contributed by atoms with Crippen LogP contribution in [0.3, 0.4) is 0 Å². The number of carbonyl (C=O) groups excluding carboxylic acids is 1. The lowest BCUT2D eigenvalue weighted by atomic mass is 10.00. The fourth-order valence-electron chi connectivity index (χ4n) is 2.50. The quantitative estimate of drug-likeness (QED) is 0.777. The Kier molecular flexibility index (Phi) is 3.38. The summed E-state index contributed by atoms with van der Waals surface area (Å²) in [6.45, 7) is 7.43. The SMILES string of the molecule is CC(C)CNC(=O)N1CC[C@@]2(CCCO2)C1. The predicted octanol–water partition coefficient (Wildman–Crippen LogP) is 1.61. The van der Waals surface area contributed by atoms with E-state index >= 15 is 0 Å². The van der Waals surface area contributed by atoms with E-state index in [-0.39, 0.29) is 11.6 Å². The third-order valence-electron chi connectivity index (χ3n) is 3.45. The standard InChI is InChI=1S/C12H22N2O2/c1-10(2)8-13-11(15)14-6-5-12(9-14)4-3-7-16-12/h10H,3-9H2,1-2H3,(H,13,15)/t12-/m0/s1. The first-order valence-electron chi connectivity index (χ1n) is 6.28. The first-order valence-corrected chi connectivity index (χ1v) is 6.28. The van der Waals surface area contributed by atoms with Crippen molar-refractivity contribution in [2.24, 2.45) is 5.92 Å². The molecule has 2 rings (SSSR count). The number of ether oxygens (including phenoxy) is 1. The second kappa shape index (κ2) is 4.62. The molecule has 2 saturated heterocycles. The Morgan fingerprint density at radius 2 is 2.31 bits per heavy atom. The molecule has 0 aromatic heterocycles. The van der Waals surface area contributed by atoms with Crippen LogP contribution in [0.4, 0.5) is 4.79 Å². The van der Waals surface area contributed by atoms with E-state index in [1.807, 2.05) is 4.90 Å². The number of nitrogens with one attached hydrogen (secondary N) is 1. The minimum atomic E-state index is -0.00479. The third kappa shape index (κ3) is 2.48. The van der Waals surface area contributed by atoms with Crippen molar-refractivity contribution in [1.82, 2.24) is 10.2 Å². The van der Waals surface area contributed by atoms with Crippen LogP contribution in [0.25, 0.3) is 0 Å². The molecule has 0 aliphatic carbocycles. The highest BCUT2D eigenvalue weighted by Crippen LogP contribution is 2.34. The summed E-state index contributed by atoms with van der Waals surface area (Å²) >= 11 is 0. The molecule has 16 heavy (non-hydrogen) atoms. The third-order valence-corrected chi connectivity index (χ3v) is 3.45. The van der Waals surface area contributed by atoms with Crippen molar-refractivity contribution in [3.63, 3.8) is 0 Å². The zero-order valence-corrected chi connectivity index (χ0v) is 10.3. The summed E-state index contributed by atoms with van der Waals surface area (Å²) in [5, 5.41) is 2.96. The molecule has 2 amide bonds. The maximum Gasteiger partial charge on any atom is 0.317 e. The number of amides is 2. The molecule has 4 heteroatoms. The number of likely N-dealkylation sites (tertiary alicyclic amines) is 1. The van der Waals surface area contributed by atoms with Crippen LogP contribution in [-0.4, -0.2) is 42.8 Å². The molecule has 0 aromatic rings. The van der Waals surface area contributed by atoms with Gasteiger partial charge in [-0.05, 0) is 25.2 Å². The highest BCUT2D eigenvalue weighted by Gasteiger charge is 2.43. The average Bonchev–Trinajstić information content (AvgIpc) is 2.86. The molecule has 1 N–H and O–H groups in total. The number of hydrogen-bond acceptors (Lipinski definition) is 2. The molecule has 1 spiro atoms. The average molecular weight is 226 g/mol. The van der Waals surface area contributed by atoms with E-state index in [0.717, 1.165) is 45.5 Å². The normalized spacial score (nSPS) is 29.3. The van der Waals surface area contributed by atoms with E-state index in [0.29, 0.717) is 5.92 Å². The summed E-state index contributed by atoms with van der Waals surface area (Å²) in [6.07, 6.45) is 3.25. The van der Waals surface area contributed by atoms with Crippen molar-refractivity contribution in [2.45, 2.75) is 38.7 Å². The van der Waals surface area contributed by atoms with Gasteiger partial charge in [0.15, 0.2) is 0 Å². The van der Waals surface area contributed by atoms with Gasteiger partial charge >= 0.3 is 6.03 Å². The molecule has 92 valence electrons. The Bertz CT molecular complexity index is 260. The van der Waals surface area contributed by atoms with E-state index < -0.39 is 0 Å². The Balaban J connectivity index is 1.81. The summed E-state index contributed by atoms with van der Waals surface area (Å²) in [7, 11) is 0. The number of urea groups is 1. The van der Waals surface area contributed by atoms with Crippen molar-refractivity contribution in [1.29, 1.82) is 0 Å². The fraction of sp³-hybridized carbons (Fsp3) is 0.917. The maximum absolute atomic E-state index is 11.8. The lowest BCUT2D eigenvalue weighted by molar-refractivity contribution is 0.0152. The van der Waals surface area contributed by atoms with Crippen LogP contribution in [0.5, 0.6) is 0 Å². The maximum atomic E-state index is 11.8. The van der Waals surface area contributed by atoms with Crippen LogP contribution in [0.2, 0.25) is 0 Å². The zero-order valence-electron chi connectivity index (χ0n) is 10.3. The first-order chi connectivity index (χ1) is 7.61. The Morgan fingerprint density at radius 1 is 1.50 bits per heavy atom. The molecule has 0 aromatic carbocycles. The number of carbonyl (C=O) groups is 1. The first kappa shape index (κ1) is 11.7. The zero-order chi connectivity index (χ0) is 11.6. The lowest BCUT2D eigenvalue weighted by Gasteiger charge is -2.23. The van der Waals surface area contributed by atoms with Gasteiger partial charge in [0.05, 0.1) is 12.1 Å². The summed E-state index contributed by atoms with van der Waals surface area (Å²) < 4.78 is 5.79. The smallest absolute Gasteiger partial charge is 0.317 e. The predicted molar refractivity (Wildman–Crippen MR) is 62.3 cm³/mol. The van der Waals surface area contributed by atoms with Gasteiger partial charge in [-0.2, -0.15) is 0 Å². The highest BCUT2D eigenvalue weighted by atomic mass is 16.5. The van der Waals surface area contributed by atoms with Crippen molar-refractivity contribution in [3.05, 3.63) is 0 Å². The molecule has 2 fully saturated rings. The Morgan fingerprint density at radius 3 is 2.94 bits per heavy atom. The molecular formula is C12H22N2O2. The monoisotopic (exact) mass is 226 g/mol. The van der Waals surface area contributed by atoms with E-state index in [1.165, 1.54) is 0 Å². The molecule has 4 nitrogen and oxygen atoms in total. The summed E-state index contributed by atoms with van der Waals surface area (Å²) in [4.78, 5) is 13.7. The van der Waals surface area contributed by atoms with E-state index in [9.17, 15) is 4.79 Å². The van der Waals surface area contributed by atoms with Gasteiger partial charge in [-0.3, -0.25) is 0 Å². The molecule has 0 radical (unpaired) electrons. The van der Waals surface area contributed by atoms with Crippen molar-refractivity contribution in [2.75, 3.05) is 26.2 Å². The van der Waals surface area contributed by atoms with Crippen LogP contribution >= 0.6 is 0 Å². The van der Waals surface area contributed by atoms with Gasteiger partial charge in [0.25, 0.3) is 0 Å². The van der Waals surface area contributed by atoms with Crippen molar-refractivity contribution >= 4 is 6.03 Å². The number of rotatable bonds is 2. The summed E-state index contributed by atoms with van der Waals surface area (Å²) in [6, 6.07) is 0.0704. The minimum Gasteiger partial charge on any atom is -0.373 e. The fourth-order valence-corrected chi connectivity index (χ4v) is 2.50. The van der Waals surface area contributed by atoms with E-state index in [4.69, 9.17) is 4.74 Å². The second-order valence-corrected chi connectivity index (χ2v) is 5.39. The van der Waals surface area contributed by atoms with Gasteiger partial charge in [0.2, 0.25) is 0 Å². The Labute approximate surface area is 97.3 Å². The summed E-state index contributed by atoms with van der Waals surface area (Å²) in [5.74, 6) is 0.503. The molecule has 2 aliphatic rings. The van der Waals surface area contributed by atoms with Gasteiger partial charge in [0, 0.05) is 19.7 Å². The van der Waals surface area contributed by atoms with Crippen LogP contribution in [0, 0.1) is 5.92 Å². The minimum absolute atomic E-state index is 0.00479. The molecule has 1 atom stereocenters. The van der Waals surface area contributed by atoms with Crippen LogP contribution in [0.15, 0.2) is 0 Å². The van der Waals surface area contributed by atoms with Crippen molar-refractivity contribution in [3.8, 4) is 0 Å². The number of hydrogen-bond donors (Lipinski definition) is 1. The molecule has 2 heterocycles. The lowest BCUT2D eigenvalue weighted by Crippen LogP contribution is -2.42. The topological polar surface area (TPSA) is 41.6 Å². The highest BCUT2D eigenvalue weighted by molar-refractivity contribution is 5.74. The molecular weight excluding hydrogens is 204 g/mol. The van der Waals surface area contributed by atoms with Crippen molar-refractivity contribution < 1.29 is 9.53 Å². The van der Waals surface area contributed by atoms with E-state index in [1.54, 1.807) is 0 Å². The number of nitrogens with zero attached hydrogens (tertiary/aromatic N) is 1. The molecule has 2 aliphatic heterocycles. The Hall–Kier alpha value is -0.770. The van der Waals surface area contributed by atoms with E-state index in [2.05, 4.69) is 19.2 Å². The van der Waals surface area contributed by atoms with Gasteiger partial charge in [0.1, 0.15) is 0 Å². The van der Waals surface area contributed by atoms with Crippen LogP contribution < -0.4 is 5.32 Å². The van der Waals surface area contributed by atoms with Gasteiger partial charge in [-0.1, -0.05) is 13.8 Å². The molecule has 0 bridgehead atoms. The van der Waals surface area contributed by atoms with Gasteiger partial charge in [-0.25, -0.2) is 4.79 Å². The van der Waals surface area contributed by atoms with Gasteiger partial charge in [-0.15, -0.1) is 0 Å². The second-order valence-electron chi connectivity index (χ2n) is 5.39. The molecule has 0 saturated carbocycles. The van der Waals surface area contributed by atoms with Gasteiger partial charge < -0.3 is 15.0 Å². The summed E-state index contributed by atoms with van der Waals surface area (Å²) in [5.41, 5.74) is -0.00479. The van der Waals surface area contributed by atoms with Crippen LogP contribution in [-0.2, 0) is 4.74 Å². The molecule has 0 unspecified atom stereocenters. The van der Waals surface area contributed by atoms with Crippen LogP contribution in [0.1, 0.15) is 33.1 Å².